The maximum Gasteiger partial charge on any atom is 0.140 e. The fourth-order valence-electron chi connectivity index (χ4n) is 4.43. The van der Waals surface area contributed by atoms with Crippen LogP contribution in [0.15, 0.2) is 46.9 Å². The van der Waals surface area contributed by atoms with Crippen LogP contribution in [0.2, 0.25) is 5.02 Å². The molecule has 0 aromatic heterocycles. The molecule has 0 saturated carbocycles. The maximum absolute atomic E-state index is 6.54. The Morgan fingerprint density at radius 3 is 2.70 bits per heavy atom. The van der Waals surface area contributed by atoms with Crippen molar-refractivity contribution in [3.8, 4) is 5.75 Å². The summed E-state index contributed by atoms with van der Waals surface area (Å²) in [5, 5.41) is 0.757. The van der Waals surface area contributed by atoms with Crippen molar-refractivity contribution in [1.82, 2.24) is 9.80 Å². The fourth-order valence-corrected chi connectivity index (χ4v) is 5.43. The van der Waals surface area contributed by atoms with E-state index in [1.165, 1.54) is 24.0 Å². The molecule has 1 heterocycles. The zero-order chi connectivity index (χ0) is 19.0. The highest BCUT2D eigenvalue weighted by molar-refractivity contribution is 9.10. The highest BCUT2D eigenvalue weighted by Gasteiger charge is 2.41. The number of fused-ring (bicyclic) bond motifs is 1. The second-order valence-corrected chi connectivity index (χ2v) is 9.12. The molecular weight excluding hydrogens is 424 g/mol. The number of hydrogen-bond acceptors (Lipinski definition) is 3. The minimum Gasteiger partial charge on any atom is -0.484 e. The maximum atomic E-state index is 6.54. The zero-order valence-electron chi connectivity index (χ0n) is 15.9. The summed E-state index contributed by atoms with van der Waals surface area (Å²) >= 11 is 10.1. The summed E-state index contributed by atoms with van der Waals surface area (Å²) in [4.78, 5) is 4.98. The Kier molecular flexibility index (Phi) is 5.79. The SMILES string of the molecule is CN(C)[C@@H]1CCCN([C@H]2Cc3c(Br)cc(Cl)cc3[C@@H]2Oc2ccccc2)C1. The van der Waals surface area contributed by atoms with Crippen molar-refractivity contribution >= 4 is 27.5 Å². The highest BCUT2D eigenvalue weighted by Crippen LogP contribution is 2.43. The van der Waals surface area contributed by atoms with Crippen LogP contribution in [0, 0.1) is 0 Å². The van der Waals surface area contributed by atoms with E-state index < -0.39 is 0 Å². The van der Waals surface area contributed by atoms with E-state index in [1.807, 2.05) is 36.4 Å². The summed E-state index contributed by atoms with van der Waals surface area (Å²) in [5.74, 6) is 0.914. The van der Waals surface area contributed by atoms with E-state index in [9.17, 15) is 0 Å². The number of nitrogens with zero attached hydrogens (tertiary/aromatic N) is 2. The van der Waals surface area contributed by atoms with Gasteiger partial charge >= 0.3 is 0 Å². The van der Waals surface area contributed by atoms with Gasteiger partial charge in [-0.05, 0) is 75.3 Å². The lowest BCUT2D eigenvalue weighted by Gasteiger charge is -2.41. The summed E-state index contributed by atoms with van der Waals surface area (Å²) in [7, 11) is 4.37. The quantitative estimate of drug-likeness (QED) is 0.640. The minimum atomic E-state index is -0.00156. The van der Waals surface area contributed by atoms with Crippen LogP contribution in [0.25, 0.3) is 0 Å². The third-order valence-corrected chi connectivity index (χ3v) is 6.82. The molecule has 0 amide bonds. The molecule has 2 aromatic rings. The van der Waals surface area contributed by atoms with Crippen LogP contribution in [-0.2, 0) is 6.42 Å². The summed E-state index contributed by atoms with van der Waals surface area (Å²) in [6, 6.07) is 15.2. The monoisotopic (exact) mass is 448 g/mol. The van der Waals surface area contributed by atoms with Gasteiger partial charge in [-0.1, -0.05) is 45.7 Å². The molecule has 3 atom stereocenters. The largest absolute Gasteiger partial charge is 0.484 e. The Hall–Kier alpha value is -1.07. The average Bonchev–Trinajstić information content (AvgIpc) is 3.01. The van der Waals surface area contributed by atoms with E-state index in [-0.39, 0.29) is 6.10 Å². The predicted octanol–water partition coefficient (Wildman–Crippen LogP) is 5.17. The smallest absolute Gasteiger partial charge is 0.140 e. The number of likely N-dealkylation sites (N-methyl/N-ethyl adjacent to an activating group) is 1. The molecule has 1 saturated heterocycles. The van der Waals surface area contributed by atoms with Gasteiger partial charge in [0, 0.05) is 22.1 Å². The molecule has 2 aromatic carbocycles. The van der Waals surface area contributed by atoms with Crippen molar-refractivity contribution in [3.63, 3.8) is 0 Å². The lowest BCUT2D eigenvalue weighted by atomic mass is 10.0. The number of hydrogen-bond donors (Lipinski definition) is 0. The first kappa shape index (κ1) is 19.3. The summed E-state index contributed by atoms with van der Waals surface area (Å²) in [5.41, 5.74) is 2.55. The molecule has 1 aliphatic carbocycles. The molecular formula is C22H26BrClN2O. The molecule has 5 heteroatoms. The van der Waals surface area contributed by atoms with Gasteiger partial charge in [-0.2, -0.15) is 0 Å². The van der Waals surface area contributed by atoms with E-state index in [1.54, 1.807) is 0 Å². The number of benzene rings is 2. The molecule has 1 aliphatic heterocycles. The first-order valence-corrected chi connectivity index (χ1v) is 10.8. The number of halogens is 2. The Balaban J connectivity index is 1.66. The van der Waals surface area contributed by atoms with Crippen LogP contribution in [-0.4, -0.2) is 49.1 Å². The Morgan fingerprint density at radius 1 is 1.19 bits per heavy atom. The molecule has 144 valence electrons. The van der Waals surface area contributed by atoms with Gasteiger partial charge in [0.2, 0.25) is 0 Å². The number of piperidine rings is 1. The van der Waals surface area contributed by atoms with E-state index >= 15 is 0 Å². The zero-order valence-corrected chi connectivity index (χ0v) is 18.2. The van der Waals surface area contributed by atoms with Crippen molar-refractivity contribution < 1.29 is 4.74 Å². The van der Waals surface area contributed by atoms with Gasteiger partial charge in [-0.15, -0.1) is 0 Å². The average molecular weight is 450 g/mol. The molecule has 2 aliphatic rings. The van der Waals surface area contributed by atoms with Crippen LogP contribution in [0.5, 0.6) is 5.75 Å². The third kappa shape index (κ3) is 4.04. The van der Waals surface area contributed by atoms with Gasteiger partial charge in [0.25, 0.3) is 0 Å². The number of rotatable bonds is 4. The van der Waals surface area contributed by atoms with E-state index in [2.05, 4.69) is 45.9 Å². The van der Waals surface area contributed by atoms with Crippen LogP contribution in [0.4, 0.5) is 0 Å². The normalized spacial score (nSPS) is 25.6. The number of ether oxygens (including phenoxy) is 1. The molecule has 0 spiro atoms. The van der Waals surface area contributed by atoms with Crippen molar-refractivity contribution in [2.24, 2.45) is 0 Å². The van der Waals surface area contributed by atoms with Crippen molar-refractivity contribution in [1.29, 1.82) is 0 Å². The van der Waals surface area contributed by atoms with E-state index in [0.29, 0.717) is 12.1 Å². The summed E-state index contributed by atoms with van der Waals surface area (Å²) in [6.45, 7) is 2.22. The van der Waals surface area contributed by atoms with Crippen LogP contribution in [0.1, 0.15) is 30.1 Å². The Labute approximate surface area is 175 Å². The summed E-state index contributed by atoms with van der Waals surface area (Å²) < 4.78 is 7.63. The minimum absolute atomic E-state index is 0.00156. The molecule has 0 bridgehead atoms. The Morgan fingerprint density at radius 2 is 1.96 bits per heavy atom. The van der Waals surface area contributed by atoms with Crippen LogP contribution >= 0.6 is 27.5 Å². The molecule has 3 nitrogen and oxygen atoms in total. The van der Waals surface area contributed by atoms with Crippen molar-refractivity contribution in [2.45, 2.75) is 37.5 Å². The predicted molar refractivity (Wildman–Crippen MR) is 115 cm³/mol. The number of likely N-dealkylation sites (tertiary alicyclic amines) is 1. The molecule has 0 unspecified atom stereocenters. The lowest BCUT2D eigenvalue weighted by Crippen LogP contribution is -2.51. The molecule has 0 N–H and O–H groups in total. The molecule has 1 fully saturated rings. The van der Waals surface area contributed by atoms with E-state index in [4.69, 9.17) is 16.3 Å². The lowest BCUT2D eigenvalue weighted by molar-refractivity contribution is 0.0380. The molecule has 0 radical (unpaired) electrons. The van der Waals surface area contributed by atoms with Crippen molar-refractivity contribution in [3.05, 3.63) is 63.1 Å². The fraction of sp³-hybridized carbons (Fsp3) is 0.455. The molecule has 27 heavy (non-hydrogen) atoms. The van der Waals surface area contributed by atoms with Gasteiger partial charge in [0.05, 0.1) is 6.04 Å². The van der Waals surface area contributed by atoms with Gasteiger partial charge in [0.1, 0.15) is 11.9 Å². The van der Waals surface area contributed by atoms with Crippen LogP contribution < -0.4 is 4.74 Å². The van der Waals surface area contributed by atoms with Gasteiger partial charge in [-0.25, -0.2) is 0 Å². The van der Waals surface area contributed by atoms with Gasteiger partial charge < -0.3 is 9.64 Å². The van der Waals surface area contributed by atoms with E-state index in [0.717, 1.165) is 34.8 Å². The second-order valence-electron chi connectivity index (χ2n) is 7.83. The first-order chi connectivity index (χ1) is 13.0. The topological polar surface area (TPSA) is 15.7 Å². The first-order valence-electron chi connectivity index (χ1n) is 9.63. The van der Waals surface area contributed by atoms with Crippen molar-refractivity contribution in [2.75, 3.05) is 27.2 Å². The standard InChI is InChI=1S/C22H26BrClN2O/c1-25(2)16-7-6-10-26(14-16)21-13-18-19(11-15(24)12-20(18)23)22(21)27-17-8-4-3-5-9-17/h3-5,8-9,11-12,16,21-22H,6-7,10,13-14H2,1-2H3/t16-,21+,22+/m1/s1. The van der Waals surface area contributed by atoms with Gasteiger partial charge in [0.15, 0.2) is 0 Å². The Bertz CT molecular complexity index is 798. The van der Waals surface area contributed by atoms with Gasteiger partial charge in [-0.3, -0.25) is 4.90 Å². The second kappa shape index (κ2) is 8.12. The highest BCUT2D eigenvalue weighted by atomic mass is 79.9. The molecule has 4 rings (SSSR count). The van der Waals surface area contributed by atoms with Crippen LogP contribution in [0.3, 0.4) is 0 Å². The summed E-state index contributed by atoms with van der Waals surface area (Å²) in [6.07, 6.45) is 3.49. The number of para-hydroxylation sites is 1. The third-order valence-electron chi connectivity index (χ3n) is 5.90.